The van der Waals surface area contributed by atoms with Crippen LogP contribution in [0, 0.1) is 17.8 Å². The highest BCUT2D eigenvalue weighted by atomic mass is 16.7. The average Bonchev–Trinajstić information content (AvgIpc) is 2.66. The lowest BCUT2D eigenvalue weighted by atomic mass is 9.49. The third-order valence-electron chi connectivity index (χ3n) is 7.10. The fourth-order valence-electron chi connectivity index (χ4n) is 5.72. The van der Waals surface area contributed by atoms with Crippen molar-refractivity contribution in [1.29, 1.82) is 0 Å². The van der Waals surface area contributed by atoms with Gasteiger partial charge in [-0.15, -0.1) is 0 Å². The summed E-state index contributed by atoms with van der Waals surface area (Å²) in [6, 6.07) is 4.15. The predicted molar refractivity (Wildman–Crippen MR) is 94.7 cm³/mol. The number of hydrogen-bond donors (Lipinski definition) is 5. The van der Waals surface area contributed by atoms with Gasteiger partial charge in [-0.25, -0.2) is 0 Å². The quantitative estimate of drug-likeness (QED) is 0.282. The van der Waals surface area contributed by atoms with Crippen LogP contribution in [0.4, 0.5) is 0 Å². The normalized spacial score (nSPS) is 41.6. The van der Waals surface area contributed by atoms with Crippen molar-refractivity contribution in [2.24, 2.45) is 23.5 Å². The summed E-state index contributed by atoms with van der Waals surface area (Å²) < 4.78 is 5.87. The van der Waals surface area contributed by atoms with Gasteiger partial charge in [0.25, 0.3) is 5.91 Å². The maximum atomic E-state index is 13.4. The molecule has 1 aromatic rings. The number of nitrogens with two attached hydrogens (primary N) is 1. The number of ketones is 3. The maximum absolute atomic E-state index is 13.4. The van der Waals surface area contributed by atoms with Gasteiger partial charge >= 0.3 is 0 Å². The van der Waals surface area contributed by atoms with Crippen LogP contribution in [0.3, 0.4) is 0 Å². The Morgan fingerprint density at radius 2 is 1.87 bits per heavy atom. The second-order valence-corrected chi connectivity index (χ2v) is 8.39. The highest BCUT2D eigenvalue weighted by molar-refractivity contribution is 6.32. The molecule has 3 unspecified atom stereocenters. The fourth-order valence-corrected chi connectivity index (χ4v) is 5.72. The van der Waals surface area contributed by atoms with E-state index < -0.39 is 75.1 Å². The number of rotatable bonds is 1. The molecule has 0 aromatic heterocycles. The number of aliphatic hydroxyl groups excluding tert-OH is 1. The Morgan fingerprint density at radius 1 is 1.20 bits per heavy atom. The first-order valence-corrected chi connectivity index (χ1v) is 9.25. The van der Waals surface area contributed by atoms with Crippen molar-refractivity contribution in [2.45, 2.75) is 30.3 Å². The summed E-state index contributed by atoms with van der Waals surface area (Å²) in [7, 11) is 0. The van der Waals surface area contributed by atoms with Crippen LogP contribution in [0.25, 0.3) is 0 Å². The fraction of sp³-hybridized carbons (Fsp3) is 0.400. The van der Waals surface area contributed by atoms with Gasteiger partial charge in [0.2, 0.25) is 11.6 Å². The Morgan fingerprint density at radius 3 is 2.50 bits per heavy atom. The van der Waals surface area contributed by atoms with Gasteiger partial charge in [-0.3, -0.25) is 19.2 Å². The summed E-state index contributed by atoms with van der Waals surface area (Å²) in [5, 5.41) is 43.4. The van der Waals surface area contributed by atoms with Gasteiger partial charge < -0.3 is 30.9 Å². The molecule has 2 fully saturated rings. The number of benzene rings is 1. The number of fused-ring (bicyclic) bond motifs is 2. The lowest BCUT2D eigenvalue weighted by Gasteiger charge is -2.62. The van der Waals surface area contributed by atoms with Crippen LogP contribution in [-0.4, -0.2) is 55.1 Å². The monoisotopic (exact) mass is 415 g/mol. The first-order valence-electron chi connectivity index (χ1n) is 9.25. The number of aromatic hydroxyl groups is 1. The molecule has 1 aliphatic heterocycles. The van der Waals surface area contributed by atoms with Gasteiger partial charge in [0.05, 0.1) is 23.0 Å². The largest absolute Gasteiger partial charge is 0.507 e. The van der Waals surface area contributed by atoms with E-state index in [1.54, 1.807) is 0 Å². The summed E-state index contributed by atoms with van der Waals surface area (Å²) in [6.07, 6.45) is -0.247. The minimum Gasteiger partial charge on any atom is -0.507 e. The zero-order valence-electron chi connectivity index (χ0n) is 15.6. The smallest absolute Gasteiger partial charge is 0.256 e. The summed E-state index contributed by atoms with van der Waals surface area (Å²) in [5.41, 5.74) is -0.634. The Balaban J connectivity index is 1.89. The third-order valence-corrected chi connectivity index (χ3v) is 7.10. The molecule has 0 radical (unpaired) electrons. The molecule has 30 heavy (non-hydrogen) atoms. The van der Waals surface area contributed by atoms with E-state index in [0.29, 0.717) is 0 Å². The second-order valence-electron chi connectivity index (χ2n) is 8.39. The number of phenols is 1. The van der Waals surface area contributed by atoms with Gasteiger partial charge in [-0.05, 0) is 25.0 Å². The second kappa shape index (κ2) is 5.15. The van der Waals surface area contributed by atoms with Crippen molar-refractivity contribution >= 4 is 23.3 Å². The molecule has 1 saturated heterocycles. The average molecular weight is 415 g/mol. The van der Waals surface area contributed by atoms with E-state index in [0.717, 1.165) is 0 Å². The van der Waals surface area contributed by atoms with Crippen LogP contribution in [0.1, 0.15) is 29.3 Å². The maximum Gasteiger partial charge on any atom is 0.256 e. The van der Waals surface area contributed by atoms with E-state index in [1.165, 1.54) is 25.1 Å². The van der Waals surface area contributed by atoms with Gasteiger partial charge in [0.1, 0.15) is 11.3 Å². The molecule has 4 aliphatic rings. The van der Waals surface area contributed by atoms with E-state index in [4.69, 9.17) is 10.5 Å². The number of amides is 1. The number of primary amides is 1. The number of hydrogen-bond acceptors (Lipinski definition) is 9. The van der Waals surface area contributed by atoms with Gasteiger partial charge in [-0.2, -0.15) is 0 Å². The van der Waals surface area contributed by atoms with E-state index in [9.17, 15) is 39.6 Å². The molecule has 6 N–H and O–H groups in total. The van der Waals surface area contributed by atoms with Gasteiger partial charge in [-0.1, -0.05) is 12.1 Å². The van der Waals surface area contributed by atoms with E-state index >= 15 is 0 Å². The molecule has 6 atom stereocenters. The van der Waals surface area contributed by atoms with Crippen molar-refractivity contribution in [3.63, 3.8) is 0 Å². The summed E-state index contributed by atoms with van der Waals surface area (Å²) in [5.74, 6) is -13.6. The molecular formula is C20H17NO9. The van der Waals surface area contributed by atoms with E-state index in [-0.39, 0.29) is 17.5 Å². The van der Waals surface area contributed by atoms with Crippen molar-refractivity contribution < 1.29 is 44.3 Å². The number of aliphatic hydroxyl groups is 3. The summed E-state index contributed by atoms with van der Waals surface area (Å²) in [6.45, 7) is 1.47. The number of Topliss-reactive ketones (excluding diaryl/α,β-unsaturated/α-hetero) is 3. The Labute approximate surface area is 168 Å². The van der Waals surface area contributed by atoms with Crippen LogP contribution in [0.5, 0.6) is 5.75 Å². The van der Waals surface area contributed by atoms with Crippen LogP contribution >= 0.6 is 0 Å². The van der Waals surface area contributed by atoms with E-state index in [2.05, 4.69) is 0 Å². The van der Waals surface area contributed by atoms with Crippen molar-refractivity contribution in [2.75, 3.05) is 0 Å². The zero-order valence-corrected chi connectivity index (χ0v) is 15.6. The standard InChI is InChI=1S/C20H17NO9/c1-18-6-3-2-4-8(22)10(6)13(23)11-7(18)5-9-19(28,14(11)24)15(25)12(17(21)27)16(26)20(9,29)30-18/h2-4,7,9,11,22,26,28-29H,5H2,1H3,(H2,21,27)/t7?,9?,11?,18-,19+,20-/m1/s1. The third kappa shape index (κ3) is 1.72. The highest BCUT2D eigenvalue weighted by Crippen LogP contribution is 2.64. The van der Waals surface area contributed by atoms with Crippen LogP contribution in [-0.2, 0) is 24.7 Å². The van der Waals surface area contributed by atoms with Crippen molar-refractivity contribution in [1.82, 2.24) is 0 Å². The molecule has 5 rings (SSSR count). The van der Waals surface area contributed by atoms with Crippen molar-refractivity contribution in [3.8, 4) is 5.75 Å². The number of carbonyl (C=O) groups excluding carboxylic acids is 4. The van der Waals surface area contributed by atoms with E-state index in [1.807, 2.05) is 0 Å². The van der Waals surface area contributed by atoms with Crippen LogP contribution < -0.4 is 5.73 Å². The Hall–Kier alpha value is -3.08. The first kappa shape index (κ1) is 18.9. The van der Waals surface area contributed by atoms with Gasteiger partial charge in [0.15, 0.2) is 22.9 Å². The SMILES string of the molecule is C[C@@]12O[C@@]3(O)C(O)=C(C(N)=O)C(=O)[C@@]4(O)C(=O)C(C(=O)c5c(O)cccc51)C2CC43. The number of phenolic OH excluding ortho intramolecular Hbond substituents is 1. The minimum absolute atomic E-state index is 0.171. The molecule has 0 spiro atoms. The lowest BCUT2D eigenvalue weighted by Crippen LogP contribution is -2.77. The zero-order chi connectivity index (χ0) is 22.0. The lowest BCUT2D eigenvalue weighted by molar-refractivity contribution is -0.356. The number of ether oxygens (including phenoxy) is 1. The molecular weight excluding hydrogens is 398 g/mol. The van der Waals surface area contributed by atoms with Crippen LogP contribution in [0.2, 0.25) is 0 Å². The Kier molecular flexibility index (Phi) is 3.25. The molecule has 2 bridgehead atoms. The molecule has 1 amide bonds. The summed E-state index contributed by atoms with van der Waals surface area (Å²) >= 11 is 0. The summed E-state index contributed by atoms with van der Waals surface area (Å²) in [4.78, 5) is 51.3. The number of carbonyl (C=O) groups is 4. The van der Waals surface area contributed by atoms with Gasteiger partial charge in [0, 0.05) is 5.92 Å². The molecule has 1 heterocycles. The first-order chi connectivity index (χ1) is 13.9. The highest BCUT2D eigenvalue weighted by Gasteiger charge is 2.77. The minimum atomic E-state index is -3.01. The molecule has 1 saturated carbocycles. The molecule has 1 aromatic carbocycles. The molecule has 10 nitrogen and oxygen atoms in total. The Bertz CT molecular complexity index is 1140. The molecule has 3 aliphatic carbocycles. The van der Waals surface area contributed by atoms with Crippen molar-refractivity contribution in [3.05, 3.63) is 40.7 Å². The molecule has 156 valence electrons. The topological polar surface area (TPSA) is 184 Å². The predicted octanol–water partition coefficient (Wildman–Crippen LogP) is -1.04. The molecule has 10 heteroatoms. The van der Waals surface area contributed by atoms with Crippen LogP contribution in [0.15, 0.2) is 29.5 Å².